The number of aliphatic hydroxyl groups excluding tert-OH is 1. The molecule has 1 amide bonds. The Morgan fingerprint density at radius 3 is 2.58 bits per heavy atom. The first-order valence-electron chi connectivity index (χ1n) is 13.9. The monoisotopic (exact) mass is 573 g/mol. The number of carbonyl (C=O) groups is 1. The molecule has 218 valence electrons. The van der Waals surface area contributed by atoms with E-state index < -0.39 is 28.3 Å². The lowest BCUT2D eigenvalue weighted by Crippen LogP contribution is -2.57. The van der Waals surface area contributed by atoms with E-state index >= 15 is 0 Å². The Kier molecular flexibility index (Phi) is 9.39. The number of rotatable bonds is 8. The molecule has 0 aliphatic carbocycles. The number of β-amino-alcohol motifs (C(OH)–C–C–N with tert-alkyl or cyclic N) is 1. The quantitative estimate of drug-likeness (QED) is 0.491. The Balaban J connectivity index is 1.18. The average Bonchev–Trinajstić information content (AvgIpc) is 3.37. The molecule has 3 saturated heterocycles. The molecule has 40 heavy (non-hydrogen) atoms. The van der Waals surface area contributed by atoms with E-state index in [9.17, 15) is 18.3 Å². The molecule has 0 radical (unpaired) electrons. The van der Waals surface area contributed by atoms with E-state index in [1.807, 2.05) is 18.2 Å². The first kappa shape index (κ1) is 29.0. The number of hydrogen-bond acceptors (Lipinski definition) is 8. The highest BCUT2D eigenvalue weighted by atomic mass is 32.2. The van der Waals surface area contributed by atoms with Crippen molar-refractivity contribution in [3.63, 3.8) is 0 Å². The molecule has 2 aromatic carbocycles. The largest absolute Gasteiger partial charge is 0.497 e. The van der Waals surface area contributed by atoms with Gasteiger partial charge in [0.25, 0.3) is 0 Å². The van der Waals surface area contributed by atoms with E-state index in [2.05, 4.69) is 22.3 Å². The van der Waals surface area contributed by atoms with Gasteiger partial charge in [-0.15, -0.1) is 0 Å². The molecule has 3 heterocycles. The summed E-state index contributed by atoms with van der Waals surface area (Å²) in [5.74, 6) is 0.501. The second kappa shape index (κ2) is 13.0. The van der Waals surface area contributed by atoms with Gasteiger partial charge in [0.2, 0.25) is 15.9 Å². The molecule has 3 aliphatic rings. The van der Waals surface area contributed by atoms with Gasteiger partial charge in [-0.1, -0.05) is 30.3 Å². The first-order chi connectivity index (χ1) is 19.3. The van der Waals surface area contributed by atoms with Crippen molar-refractivity contribution in [1.82, 2.24) is 14.5 Å². The topological polar surface area (TPSA) is 118 Å². The van der Waals surface area contributed by atoms with Gasteiger partial charge in [-0.25, -0.2) is 8.42 Å². The summed E-state index contributed by atoms with van der Waals surface area (Å²) in [7, 11) is -2.39. The van der Waals surface area contributed by atoms with Crippen molar-refractivity contribution in [2.24, 2.45) is 0 Å². The van der Waals surface area contributed by atoms with Gasteiger partial charge in [-0.3, -0.25) is 9.69 Å². The number of amides is 1. The predicted octanol–water partition coefficient (Wildman–Crippen LogP) is 1.77. The van der Waals surface area contributed by atoms with Crippen molar-refractivity contribution in [3.05, 3.63) is 60.2 Å². The van der Waals surface area contributed by atoms with Gasteiger partial charge in [0.05, 0.1) is 56.0 Å². The highest BCUT2D eigenvalue weighted by Gasteiger charge is 2.43. The van der Waals surface area contributed by atoms with Gasteiger partial charge in [-0.05, 0) is 49.1 Å². The number of hydrogen-bond donors (Lipinski definition) is 2. The van der Waals surface area contributed by atoms with Crippen molar-refractivity contribution < 1.29 is 32.5 Å². The SMILES string of the molecule is COc1ccc(S(=O)(=O)N2C[C@H](O)COC[C@@H]3O[C@@H](CC(=O)N[C@@H]4CCN(Cc5ccccc5)C4)CC[C@H]32)cc1. The van der Waals surface area contributed by atoms with Gasteiger partial charge in [0.15, 0.2) is 0 Å². The number of carbonyl (C=O) groups excluding carboxylic acids is 1. The van der Waals surface area contributed by atoms with Crippen molar-refractivity contribution in [2.45, 2.75) is 67.5 Å². The van der Waals surface area contributed by atoms with Crippen molar-refractivity contribution in [2.75, 3.05) is 40.0 Å². The maximum atomic E-state index is 13.7. The minimum Gasteiger partial charge on any atom is -0.497 e. The number of nitrogens with one attached hydrogen (secondary N) is 1. The highest BCUT2D eigenvalue weighted by molar-refractivity contribution is 7.89. The zero-order valence-electron chi connectivity index (χ0n) is 22.9. The van der Waals surface area contributed by atoms with Crippen LogP contribution in [0, 0.1) is 0 Å². The van der Waals surface area contributed by atoms with E-state index in [4.69, 9.17) is 14.2 Å². The molecule has 11 heteroatoms. The lowest BCUT2D eigenvalue weighted by Gasteiger charge is -2.43. The van der Waals surface area contributed by atoms with Crippen LogP contribution < -0.4 is 10.1 Å². The summed E-state index contributed by atoms with van der Waals surface area (Å²) in [4.78, 5) is 15.4. The molecule has 2 N–H and O–H groups in total. The fourth-order valence-electron chi connectivity index (χ4n) is 5.88. The van der Waals surface area contributed by atoms with Crippen LogP contribution in [-0.2, 0) is 30.8 Å². The van der Waals surface area contributed by atoms with Crippen molar-refractivity contribution in [3.8, 4) is 5.75 Å². The number of sulfonamides is 1. The molecule has 0 spiro atoms. The van der Waals surface area contributed by atoms with Crippen LogP contribution in [0.2, 0.25) is 0 Å². The normalized spacial score (nSPS) is 28.3. The summed E-state index contributed by atoms with van der Waals surface area (Å²) in [6.07, 6.45) is 0.328. The van der Waals surface area contributed by atoms with E-state index in [0.29, 0.717) is 18.6 Å². The molecule has 0 bridgehead atoms. The molecule has 2 aromatic rings. The van der Waals surface area contributed by atoms with Gasteiger partial charge in [0, 0.05) is 32.2 Å². The lowest BCUT2D eigenvalue weighted by atomic mass is 9.96. The molecule has 3 fully saturated rings. The number of benzene rings is 2. The van der Waals surface area contributed by atoms with Crippen LogP contribution in [0.1, 0.15) is 31.2 Å². The predicted molar refractivity (Wildman–Crippen MR) is 148 cm³/mol. The van der Waals surface area contributed by atoms with Crippen LogP contribution in [0.5, 0.6) is 5.75 Å². The van der Waals surface area contributed by atoms with Crippen LogP contribution in [0.15, 0.2) is 59.5 Å². The molecule has 5 rings (SSSR count). The molecule has 5 atom stereocenters. The Bertz CT molecular complexity index is 1230. The van der Waals surface area contributed by atoms with Gasteiger partial charge >= 0.3 is 0 Å². The summed E-state index contributed by atoms with van der Waals surface area (Å²) >= 11 is 0. The average molecular weight is 574 g/mol. The van der Waals surface area contributed by atoms with Gasteiger partial charge in [0.1, 0.15) is 5.75 Å². The zero-order valence-corrected chi connectivity index (χ0v) is 23.7. The van der Waals surface area contributed by atoms with E-state index in [-0.39, 0.29) is 49.1 Å². The number of fused-ring (bicyclic) bond motifs is 1. The second-order valence-electron chi connectivity index (χ2n) is 10.9. The Hall–Kier alpha value is -2.54. The maximum absolute atomic E-state index is 13.7. The van der Waals surface area contributed by atoms with Gasteiger partial charge < -0.3 is 24.6 Å². The lowest BCUT2D eigenvalue weighted by molar-refractivity contribution is -0.146. The smallest absolute Gasteiger partial charge is 0.243 e. The number of likely N-dealkylation sites (tertiary alicyclic amines) is 1. The second-order valence-corrected chi connectivity index (χ2v) is 12.8. The van der Waals surface area contributed by atoms with E-state index in [1.165, 1.54) is 29.1 Å². The summed E-state index contributed by atoms with van der Waals surface area (Å²) in [6, 6.07) is 16.1. The fraction of sp³-hybridized carbons (Fsp3) is 0.552. The summed E-state index contributed by atoms with van der Waals surface area (Å²) in [5, 5.41) is 13.6. The third kappa shape index (κ3) is 7.02. The Labute approximate surface area is 236 Å². The number of aliphatic hydroxyl groups is 1. The molecule has 3 aliphatic heterocycles. The van der Waals surface area contributed by atoms with Crippen molar-refractivity contribution >= 4 is 15.9 Å². The number of nitrogens with zero attached hydrogens (tertiary/aromatic N) is 2. The fourth-order valence-corrected chi connectivity index (χ4v) is 7.60. The van der Waals surface area contributed by atoms with Crippen LogP contribution in [0.25, 0.3) is 0 Å². The summed E-state index contributed by atoms with van der Waals surface area (Å²) < 4.78 is 45.8. The highest BCUT2D eigenvalue weighted by Crippen LogP contribution is 2.32. The zero-order chi connectivity index (χ0) is 28.1. The Morgan fingerprint density at radius 1 is 1.05 bits per heavy atom. The van der Waals surface area contributed by atoms with Crippen LogP contribution in [-0.4, -0.2) is 99.0 Å². The molecule has 0 saturated carbocycles. The molecule has 0 unspecified atom stereocenters. The number of methoxy groups -OCH3 is 1. The molecule has 0 aromatic heterocycles. The third-order valence-corrected chi connectivity index (χ3v) is 9.80. The van der Waals surface area contributed by atoms with Crippen LogP contribution >= 0.6 is 0 Å². The summed E-state index contributed by atoms with van der Waals surface area (Å²) in [6.45, 7) is 2.67. The van der Waals surface area contributed by atoms with Crippen LogP contribution in [0.3, 0.4) is 0 Å². The first-order valence-corrected chi connectivity index (χ1v) is 15.4. The summed E-state index contributed by atoms with van der Waals surface area (Å²) in [5.41, 5.74) is 1.26. The maximum Gasteiger partial charge on any atom is 0.243 e. The minimum absolute atomic E-state index is 0.00747. The third-order valence-electron chi connectivity index (χ3n) is 7.90. The standard InChI is InChI=1S/C29H39N3O7S/c1-37-24-7-10-26(11-8-24)40(35,36)32-18-23(33)19-38-20-28-27(32)12-9-25(39-28)15-29(34)30-22-13-14-31(17-22)16-21-5-3-2-4-6-21/h2-8,10-11,22-23,25,27-28,33H,9,12-20H2,1H3,(H,30,34)/t22-,23+,25-,27-,28+/m1/s1. The van der Waals surface area contributed by atoms with Gasteiger partial charge in [-0.2, -0.15) is 4.31 Å². The van der Waals surface area contributed by atoms with E-state index in [1.54, 1.807) is 12.1 Å². The van der Waals surface area contributed by atoms with Crippen molar-refractivity contribution in [1.29, 1.82) is 0 Å². The number of ether oxygens (including phenoxy) is 3. The molecule has 10 nitrogen and oxygen atoms in total. The molecular weight excluding hydrogens is 534 g/mol. The minimum atomic E-state index is -3.92. The molecular formula is C29H39N3O7S. The van der Waals surface area contributed by atoms with E-state index in [0.717, 1.165) is 26.1 Å². The van der Waals surface area contributed by atoms with Crippen LogP contribution in [0.4, 0.5) is 0 Å². The Morgan fingerprint density at radius 2 is 1.82 bits per heavy atom.